The van der Waals surface area contributed by atoms with E-state index in [2.05, 4.69) is 10.3 Å². The molecule has 1 heterocycles. The third kappa shape index (κ3) is 3.88. The Morgan fingerprint density at radius 2 is 2.10 bits per heavy atom. The van der Waals surface area contributed by atoms with Gasteiger partial charge in [0.1, 0.15) is 5.56 Å². The fourth-order valence-corrected chi connectivity index (χ4v) is 1.89. The minimum Gasteiger partial charge on any atom is -0.396 e. The molecule has 1 amide bonds. The predicted octanol–water partition coefficient (Wildman–Crippen LogP) is 0.812. The van der Waals surface area contributed by atoms with E-state index in [0.29, 0.717) is 12.8 Å². The van der Waals surface area contributed by atoms with E-state index in [1.807, 2.05) is 13.8 Å². The number of nitrogens with zero attached hydrogens (tertiary/aromatic N) is 1. The number of H-pyrrole nitrogens is 1. The molecule has 1 aromatic rings. The van der Waals surface area contributed by atoms with Gasteiger partial charge in [0, 0.05) is 18.0 Å². The average Bonchev–Trinajstić information content (AvgIpc) is 2.49. The molecule has 0 fully saturated rings. The van der Waals surface area contributed by atoms with Crippen molar-refractivity contribution in [1.29, 1.82) is 0 Å². The smallest absolute Gasteiger partial charge is 0.286 e. The number of amides is 1. The van der Waals surface area contributed by atoms with Crippen molar-refractivity contribution in [3.05, 3.63) is 38.3 Å². The molecule has 8 heteroatoms. The van der Waals surface area contributed by atoms with Gasteiger partial charge in [-0.1, -0.05) is 13.8 Å². The number of aromatic amines is 1. The van der Waals surface area contributed by atoms with Gasteiger partial charge in [0.2, 0.25) is 0 Å². The SMILES string of the molecule is CCC(CC)(CO)CNC(=O)c1cc([N+](=O)[O-])c[nH]c1=O. The molecule has 0 aliphatic carbocycles. The lowest BCUT2D eigenvalue weighted by Gasteiger charge is -2.29. The minimum absolute atomic E-state index is 0.0917. The molecule has 0 saturated carbocycles. The van der Waals surface area contributed by atoms with Gasteiger partial charge in [-0.3, -0.25) is 19.7 Å². The molecule has 0 saturated heterocycles. The standard InChI is InChI=1S/C13H19N3O5/c1-3-13(4-2,8-17)7-15-12(19)10-5-9(16(20)21)6-14-11(10)18/h5-6,17H,3-4,7-8H2,1-2H3,(H,14,18)(H,15,19). The molecule has 3 N–H and O–H groups in total. The number of aliphatic hydroxyl groups is 1. The van der Waals surface area contributed by atoms with Crippen LogP contribution < -0.4 is 10.9 Å². The summed E-state index contributed by atoms with van der Waals surface area (Å²) in [4.78, 5) is 35.7. The molecule has 116 valence electrons. The Hall–Kier alpha value is -2.22. The number of aromatic nitrogens is 1. The summed E-state index contributed by atoms with van der Waals surface area (Å²) >= 11 is 0. The van der Waals surface area contributed by atoms with Crippen molar-refractivity contribution >= 4 is 11.6 Å². The van der Waals surface area contributed by atoms with E-state index in [4.69, 9.17) is 0 Å². The zero-order chi connectivity index (χ0) is 16.0. The first-order valence-electron chi connectivity index (χ1n) is 6.65. The maximum Gasteiger partial charge on any atom is 0.286 e. The molecule has 0 radical (unpaired) electrons. The number of rotatable bonds is 7. The Kier molecular flexibility index (Phi) is 5.60. The van der Waals surface area contributed by atoms with Gasteiger partial charge in [-0.25, -0.2) is 0 Å². The van der Waals surface area contributed by atoms with Crippen LogP contribution in [0.5, 0.6) is 0 Å². The molecule has 0 aliphatic rings. The molecular formula is C13H19N3O5. The van der Waals surface area contributed by atoms with Gasteiger partial charge < -0.3 is 15.4 Å². The number of carbonyl (C=O) groups is 1. The first-order chi connectivity index (χ1) is 9.89. The number of hydrogen-bond acceptors (Lipinski definition) is 5. The molecular weight excluding hydrogens is 278 g/mol. The lowest BCUT2D eigenvalue weighted by atomic mass is 9.83. The molecule has 0 atom stereocenters. The van der Waals surface area contributed by atoms with Crippen molar-refractivity contribution in [3.63, 3.8) is 0 Å². The van der Waals surface area contributed by atoms with Gasteiger partial charge in [0.25, 0.3) is 17.2 Å². The summed E-state index contributed by atoms with van der Waals surface area (Å²) in [5.41, 5.74) is -1.83. The van der Waals surface area contributed by atoms with E-state index in [1.165, 1.54) is 0 Å². The number of pyridine rings is 1. The zero-order valence-corrected chi connectivity index (χ0v) is 12.0. The van der Waals surface area contributed by atoms with Crippen molar-refractivity contribution in [3.8, 4) is 0 Å². The van der Waals surface area contributed by atoms with Crippen LogP contribution in [0.15, 0.2) is 17.1 Å². The van der Waals surface area contributed by atoms with Crippen LogP contribution in [0.3, 0.4) is 0 Å². The molecule has 8 nitrogen and oxygen atoms in total. The van der Waals surface area contributed by atoms with Gasteiger partial charge in [-0.15, -0.1) is 0 Å². The molecule has 21 heavy (non-hydrogen) atoms. The van der Waals surface area contributed by atoms with Crippen LogP contribution in [0, 0.1) is 15.5 Å². The number of aliphatic hydroxyl groups excluding tert-OH is 1. The van der Waals surface area contributed by atoms with Crippen LogP contribution in [0.2, 0.25) is 0 Å². The normalized spacial score (nSPS) is 11.2. The number of carbonyl (C=O) groups excluding carboxylic acids is 1. The minimum atomic E-state index is -0.695. The second-order valence-corrected chi connectivity index (χ2v) is 4.91. The highest BCUT2D eigenvalue weighted by molar-refractivity contribution is 5.94. The molecule has 0 bridgehead atoms. The third-order valence-electron chi connectivity index (χ3n) is 3.80. The Labute approximate surface area is 121 Å². The Morgan fingerprint density at radius 3 is 2.57 bits per heavy atom. The van der Waals surface area contributed by atoms with Crippen LogP contribution in [-0.2, 0) is 0 Å². The molecule has 0 unspecified atom stereocenters. The third-order valence-corrected chi connectivity index (χ3v) is 3.80. The molecule has 1 aromatic heterocycles. The van der Waals surface area contributed by atoms with Gasteiger partial charge >= 0.3 is 0 Å². The van der Waals surface area contributed by atoms with Crippen molar-refractivity contribution in [2.45, 2.75) is 26.7 Å². The van der Waals surface area contributed by atoms with Crippen LogP contribution in [0.4, 0.5) is 5.69 Å². The Balaban J connectivity index is 2.92. The monoisotopic (exact) mass is 297 g/mol. The number of nitro groups is 1. The Bertz CT molecular complexity index is 569. The van der Waals surface area contributed by atoms with Crippen LogP contribution >= 0.6 is 0 Å². The van der Waals surface area contributed by atoms with Crippen LogP contribution in [-0.4, -0.2) is 34.1 Å². The molecule has 0 aromatic carbocycles. The number of nitrogens with one attached hydrogen (secondary N) is 2. The lowest BCUT2D eigenvalue weighted by Crippen LogP contribution is -2.40. The van der Waals surface area contributed by atoms with Crippen molar-refractivity contribution in [2.75, 3.05) is 13.2 Å². The van der Waals surface area contributed by atoms with E-state index in [9.17, 15) is 24.8 Å². The van der Waals surface area contributed by atoms with E-state index < -0.39 is 21.8 Å². The fraction of sp³-hybridized carbons (Fsp3) is 0.538. The zero-order valence-electron chi connectivity index (χ0n) is 12.0. The first kappa shape index (κ1) is 16.8. The summed E-state index contributed by atoms with van der Waals surface area (Å²) in [5, 5.41) is 22.6. The predicted molar refractivity (Wildman–Crippen MR) is 76.2 cm³/mol. The van der Waals surface area contributed by atoms with Crippen molar-refractivity contribution in [1.82, 2.24) is 10.3 Å². The maximum absolute atomic E-state index is 12.0. The van der Waals surface area contributed by atoms with Gasteiger partial charge in [-0.2, -0.15) is 0 Å². The second kappa shape index (κ2) is 6.98. The van der Waals surface area contributed by atoms with E-state index in [-0.39, 0.29) is 24.4 Å². The lowest BCUT2D eigenvalue weighted by molar-refractivity contribution is -0.385. The summed E-state index contributed by atoms with van der Waals surface area (Å²) in [6.07, 6.45) is 2.26. The van der Waals surface area contributed by atoms with Gasteiger partial charge in [-0.05, 0) is 12.8 Å². The van der Waals surface area contributed by atoms with Crippen LogP contribution in [0.1, 0.15) is 37.0 Å². The number of hydrogen-bond donors (Lipinski definition) is 3. The van der Waals surface area contributed by atoms with Gasteiger partial charge in [0.15, 0.2) is 0 Å². The topological polar surface area (TPSA) is 125 Å². The largest absolute Gasteiger partial charge is 0.396 e. The highest BCUT2D eigenvalue weighted by Gasteiger charge is 2.26. The molecule has 0 aliphatic heterocycles. The van der Waals surface area contributed by atoms with Gasteiger partial charge in [0.05, 0.1) is 17.7 Å². The van der Waals surface area contributed by atoms with Crippen molar-refractivity contribution in [2.24, 2.45) is 5.41 Å². The van der Waals surface area contributed by atoms with E-state index in [0.717, 1.165) is 12.3 Å². The summed E-state index contributed by atoms with van der Waals surface area (Å²) in [6, 6.07) is 0.937. The summed E-state index contributed by atoms with van der Waals surface area (Å²) in [7, 11) is 0. The quantitative estimate of drug-likeness (QED) is 0.507. The van der Waals surface area contributed by atoms with Crippen molar-refractivity contribution < 1.29 is 14.8 Å². The molecule has 0 spiro atoms. The summed E-state index contributed by atoms with van der Waals surface area (Å²) < 4.78 is 0. The maximum atomic E-state index is 12.0. The first-order valence-corrected chi connectivity index (χ1v) is 6.65. The highest BCUT2D eigenvalue weighted by Crippen LogP contribution is 2.24. The summed E-state index contributed by atoms with van der Waals surface area (Å²) in [5.74, 6) is -0.695. The van der Waals surface area contributed by atoms with E-state index >= 15 is 0 Å². The van der Waals surface area contributed by atoms with Crippen LogP contribution in [0.25, 0.3) is 0 Å². The summed E-state index contributed by atoms with van der Waals surface area (Å²) in [6.45, 7) is 3.89. The Morgan fingerprint density at radius 1 is 1.48 bits per heavy atom. The molecule has 1 rings (SSSR count). The fourth-order valence-electron chi connectivity index (χ4n) is 1.89. The van der Waals surface area contributed by atoms with E-state index in [1.54, 1.807) is 0 Å². The second-order valence-electron chi connectivity index (χ2n) is 4.91. The average molecular weight is 297 g/mol. The highest BCUT2D eigenvalue weighted by atomic mass is 16.6.